The van der Waals surface area contributed by atoms with Gasteiger partial charge in [-0.3, -0.25) is 9.59 Å². The topological polar surface area (TPSA) is 100 Å². The van der Waals surface area contributed by atoms with Crippen molar-refractivity contribution in [2.24, 2.45) is 12.8 Å². The first-order chi connectivity index (χ1) is 12.8. The molecular formula is C20H20N4O3. The van der Waals surface area contributed by atoms with Crippen molar-refractivity contribution < 1.29 is 9.53 Å². The van der Waals surface area contributed by atoms with Gasteiger partial charge in [-0.25, -0.2) is 4.98 Å². The van der Waals surface area contributed by atoms with Crippen molar-refractivity contribution in [3.63, 3.8) is 0 Å². The van der Waals surface area contributed by atoms with Crippen LogP contribution in [0, 0.1) is 20.8 Å². The molecule has 27 heavy (non-hydrogen) atoms. The number of rotatable bonds is 4. The molecule has 0 saturated carbocycles. The molecule has 7 nitrogen and oxygen atoms in total. The van der Waals surface area contributed by atoms with Crippen LogP contribution in [0.3, 0.4) is 0 Å². The molecule has 0 radical (unpaired) electrons. The Kier molecular flexibility index (Phi) is 4.77. The molecule has 0 aliphatic carbocycles. The molecule has 0 saturated heterocycles. The Morgan fingerprint density at radius 3 is 2.33 bits per heavy atom. The van der Waals surface area contributed by atoms with E-state index in [9.17, 15) is 9.59 Å². The van der Waals surface area contributed by atoms with Crippen LogP contribution in [0.25, 0.3) is 11.4 Å². The average molecular weight is 364 g/mol. The van der Waals surface area contributed by atoms with Crippen LogP contribution in [0.1, 0.15) is 27.2 Å². The zero-order valence-electron chi connectivity index (χ0n) is 15.6. The Labute approximate surface area is 156 Å². The molecule has 138 valence electrons. The van der Waals surface area contributed by atoms with Gasteiger partial charge in [0.15, 0.2) is 5.82 Å². The number of nitrogens with zero attached hydrogens (tertiary/aromatic N) is 3. The van der Waals surface area contributed by atoms with Crippen molar-refractivity contribution >= 4 is 5.91 Å². The second kappa shape index (κ2) is 7.03. The van der Waals surface area contributed by atoms with E-state index >= 15 is 0 Å². The van der Waals surface area contributed by atoms with E-state index < -0.39 is 5.91 Å². The SMILES string of the molecule is Cc1cccc(C)c1Oc1cc(C(N)=O)nc(-c2cc(C)c(=O)n(C)c2)n1. The fraction of sp³-hybridized carbons (Fsp3) is 0.200. The van der Waals surface area contributed by atoms with E-state index in [2.05, 4.69) is 9.97 Å². The third kappa shape index (κ3) is 3.72. The molecule has 0 aliphatic heterocycles. The smallest absolute Gasteiger partial charge is 0.267 e. The first-order valence-corrected chi connectivity index (χ1v) is 8.37. The van der Waals surface area contributed by atoms with Crippen LogP contribution in [0.5, 0.6) is 11.6 Å². The zero-order chi connectivity index (χ0) is 19.7. The lowest BCUT2D eigenvalue weighted by molar-refractivity contribution is 0.0995. The van der Waals surface area contributed by atoms with Gasteiger partial charge in [0, 0.05) is 30.4 Å². The second-order valence-corrected chi connectivity index (χ2v) is 6.43. The molecule has 0 fully saturated rings. The number of amides is 1. The van der Waals surface area contributed by atoms with E-state index in [4.69, 9.17) is 10.5 Å². The van der Waals surface area contributed by atoms with E-state index in [1.54, 1.807) is 26.2 Å². The van der Waals surface area contributed by atoms with Gasteiger partial charge < -0.3 is 15.0 Å². The van der Waals surface area contributed by atoms with Gasteiger partial charge in [-0.2, -0.15) is 4.98 Å². The van der Waals surface area contributed by atoms with Gasteiger partial charge in [-0.1, -0.05) is 18.2 Å². The number of aromatic nitrogens is 3. The number of benzene rings is 1. The molecule has 0 atom stereocenters. The quantitative estimate of drug-likeness (QED) is 0.767. The number of carbonyl (C=O) groups excluding carboxylic acids is 1. The molecule has 1 amide bonds. The Bertz CT molecular complexity index is 1060. The fourth-order valence-corrected chi connectivity index (χ4v) is 2.80. The van der Waals surface area contributed by atoms with E-state index in [0.29, 0.717) is 16.9 Å². The van der Waals surface area contributed by atoms with Crippen molar-refractivity contribution in [3.8, 4) is 23.0 Å². The minimum Gasteiger partial charge on any atom is -0.438 e. The van der Waals surface area contributed by atoms with Gasteiger partial charge in [-0.05, 0) is 38.0 Å². The zero-order valence-corrected chi connectivity index (χ0v) is 15.6. The van der Waals surface area contributed by atoms with Crippen LogP contribution in [-0.2, 0) is 7.05 Å². The maximum Gasteiger partial charge on any atom is 0.267 e. The Morgan fingerprint density at radius 1 is 1.07 bits per heavy atom. The van der Waals surface area contributed by atoms with Gasteiger partial charge in [-0.15, -0.1) is 0 Å². The predicted molar refractivity (Wildman–Crippen MR) is 102 cm³/mol. The molecular weight excluding hydrogens is 344 g/mol. The molecule has 0 bridgehead atoms. The normalized spacial score (nSPS) is 10.7. The summed E-state index contributed by atoms with van der Waals surface area (Å²) in [5.74, 6) is 0.435. The monoisotopic (exact) mass is 364 g/mol. The lowest BCUT2D eigenvalue weighted by atomic mass is 10.1. The lowest BCUT2D eigenvalue weighted by Crippen LogP contribution is -2.19. The molecule has 2 aromatic heterocycles. The summed E-state index contributed by atoms with van der Waals surface area (Å²) in [6.07, 6.45) is 1.61. The lowest BCUT2D eigenvalue weighted by Gasteiger charge is -2.13. The molecule has 2 heterocycles. The largest absolute Gasteiger partial charge is 0.438 e. The second-order valence-electron chi connectivity index (χ2n) is 6.43. The van der Waals surface area contributed by atoms with Crippen molar-refractivity contribution in [1.29, 1.82) is 0 Å². The Morgan fingerprint density at radius 2 is 1.74 bits per heavy atom. The van der Waals surface area contributed by atoms with Gasteiger partial charge in [0.2, 0.25) is 5.88 Å². The number of hydrogen-bond acceptors (Lipinski definition) is 5. The van der Waals surface area contributed by atoms with Crippen LogP contribution in [0.15, 0.2) is 41.3 Å². The van der Waals surface area contributed by atoms with E-state index in [1.807, 2.05) is 32.0 Å². The first-order valence-electron chi connectivity index (χ1n) is 8.37. The molecule has 3 aromatic rings. The highest BCUT2D eigenvalue weighted by Crippen LogP contribution is 2.29. The third-order valence-corrected chi connectivity index (χ3v) is 4.19. The summed E-state index contributed by atoms with van der Waals surface area (Å²) in [6, 6.07) is 8.87. The Hall–Kier alpha value is -3.48. The molecule has 1 aromatic carbocycles. The van der Waals surface area contributed by atoms with Crippen LogP contribution in [0.2, 0.25) is 0 Å². The number of hydrogen-bond donors (Lipinski definition) is 1. The van der Waals surface area contributed by atoms with Crippen molar-refractivity contribution in [1.82, 2.24) is 14.5 Å². The van der Waals surface area contributed by atoms with Crippen molar-refractivity contribution in [3.05, 3.63) is 69.3 Å². The van der Waals surface area contributed by atoms with Gasteiger partial charge in [0.25, 0.3) is 11.5 Å². The molecule has 0 aliphatic rings. The highest BCUT2D eigenvalue weighted by atomic mass is 16.5. The predicted octanol–water partition coefficient (Wildman–Crippen LogP) is 2.66. The summed E-state index contributed by atoms with van der Waals surface area (Å²) in [7, 11) is 1.64. The maximum absolute atomic E-state index is 11.9. The highest BCUT2D eigenvalue weighted by molar-refractivity contribution is 5.91. The number of nitrogens with two attached hydrogens (primary N) is 1. The number of aryl methyl sites for hydroxylation is 4. The third-order valence-electron chi connectivity index (χ3n) is 4.19. The summed E-state index contributed by atoms with van der Waals surface area (Å²) in [5.41, 5.74) is 8.35. The van der Waals surface area contributed by atoms with Crippen LogP contribution in [-0.4, -0.2) is 20.4 Å². The van der Waals surface area contributed by atoms with E-state index in [1.165, 1.54) is 10.6 Å². The van der Waals surface area contributed by atoms with Gasteiger partial charge in [0.1, 0.15) is 11.4 Å². The van der Waals surface area contributed by atoms with Gasteiger partial charge >= 0.3 is 0 Å². The van der Waals surface area contributed by atoms with Crippen LogP contribution < -0.4 is 16.0 Å². The van der Waals surface area contributed by atoms with Crippen molar-refractivity contribution in [2.45, 2.75) is 20.8 Å². The fourth-order valence-electron chi connectivity index (χ4n) is 2.80. The highest BCUT2D eigenvalue weighted by Gasteiger charge is 2.15. The number of pyridine rings is 1. The summed E-state index contributed by atoms with van der Waals surface area (Å²) in [6.45, 7) is 5.56. The first kappa shape index (κ1) is 18.3. The minimum absolute atomic E-state index is 0.0349. The standard InChI is InChI=1S/C20H20N4O3/c1-11-6-5-7-12(2)17(11)27-16-9-15(18(21)25)22-19(23-16)14-8-13(3)20(26)24(4)10-14/h5-10H,1-4H3,(H2,21,25). The number of ether oxygens (including phenoxy) is 1. The van der Waals surface area contributed by atoms with E-state index in [0.717, 1.165) is 11.1 Å². The summed E-state index contributed by atoms with van der Waals surface area (Å²) < 4.78 is 7.39. The maximum atomic E-state index is 11.9. The molecule has 7 heteroatoms. The summed E-state index contributed by atoms with van der Waals surface area (Å²) in [4.78, 5) is 32.3. The molecule has 3 rings (SSSR count). The Balaban J connectivity index is 2.14. The number of carbonyl (C=O) groups is 1. The molecule has 2 N–H and O–H groups in total. The van der Waals surface area contributed by atoms with Gasteiger partial charge in [0.05, 0.1) is 0 Å². The molecule has 0 unspecified atom stereocenters. The molecule has 0 spiro atoms. The van der Waals surface area contributed by atoms with Crippen LogP contribution in [0.4, 0.5) is 0 Å². The average Bonchev–Trinajstić information content (AvgIpc) is 2.62. The minimum atomic E-state index is -0.688. The number of primary amides is 1. The number of para-hydroxylation sites is 1. The van der Waals surface area contributed by atoms with Crippen LogP contribution >= 0.6 is 0 Å². The summed E-state index contributed by atoms with van der Waals surface area (Å²) in [5, 5.41) is 0. The van der Waals surface area contributed by atoms with E-state index in [-0.39, 0.29) is 23.0 Å². The summed E-state index contributed by atoms with van der Waals surface area (Å²) >= 11 is 0. The van der Waals surface area contributed by atoms with Crippen molar-refractivity contribution in [2.75, 3.05) is 0 Å².